The highest BCUT2D eigenvalue weighted by Gasteiger charge is 1.89. The van der Waals surface area contributed by atoms with E-state index in [-0.39, 0.29) is 5.11 Å². The molecule has 13 heavy (non-hydrogen) atoms. The van der Waals surface area contributed by atoms with Crippen LogP contribution in [0.3, 0.4) is 0 Å². The van der Waals surface area contributed by atoms with Crippen LogP contribution in [0.15, 0.2) is 34.6 Å². The van der Waals surface area contributed by atoms with E-state index in [1.807, 2.05) is 0 Å². The van der Waals surface area contributed by atoms with Crippen molar-refractivity contribution in [2.75, 3.05) is 5.43 Å². The van der Waals surface area contributed by atoms with Crippen molar-refractivity contribution in [1.29, 1.82) is 0 Å². The molecule has 0 aliphatic heterocycles. The predicted molar refractivity (Wildman–Crippen MR) is 56.7 cm³/mol. The van der Waals surface area contributed by atoms with Gasteiger partial charge >= 0.3 is 0 Å². The first kappa shape index (κ1) is 9.88. The zero-order chi connectivity index (χ0) is 9.68. The van der Waals surface area contributed by atoms with Crippen molar-refractivity contribution < 1.29 is 0 Å². The normalized spacial score (nSPS) is 10.2. The van der Waals surface area contributed by atoms with Crippen LogP contribution in [0.5, 0.6) is 0 Å². The number of nitrogens with one attached hydrogen (secondary N) is 1. The topological polar surface area (TPSA) is 62.8 Å². The SMILES string of the molecule is NC(=S)N=NNc1ccc(Cl)cc1. The van der Waals surface area contributed by atoms with Crippen molar-refractivity contribution in [2.24, 2.45) is 16.1 Å². The Kier molecular flexibility index (Phi) is 3.60. The summed E-state index contributed by atoms with van der Waals surface area (Å²) >= 11 is 10.2. The Morgan fingerprint density at radius 2 is 2.00 bits per heavy atom. The third-order valence-electron chi connectivity index (χ3n) is 1.17. The molecule has 0 heterocycles. The second-order valence-electron chi connectivity index (χ2n) is 2.16. The summed E-state index contributed by atoms with van der Waals surface area (Å²) in [5.41, 5.74) is 8.49. The fourth-order valence-electron chi connectivity index (χ4n) is 0.656. The van der Waals surface area contributed by atoms with E-state index < -0.39 is 0 Å². The van der Waals surface area contributed by atoms with Gasteiger partial charge in [0.1, 0.15) is 0 Å². The van der Waals surface area contributed by atoms with Crippen molar-refractivity contribution in [1.82, 2.24) is 0 Å². The molecule has 0 spiro atoms. The Bertz CT molecular complexity index is 322. The summed E-state index contributed by atoms with van der Waals surface area (Å²) in [6, 6.07) is 7.00. The predicted octanol–water partition coefficient (Wildman–Crippen LogP) is 2.36. The van der Waals surface area contributed by atoms with Crippen LogP contribution < -0.4 is 11.2 Å². The zero-order valence-electron chi connectivity index (χ0n) is 6.57. The van der Waals surface area contributed by atoms with Gasteiger partial charge in [0.2, 0.25) is 5.11 Å². The summed E-state index contributed by atoms with van der Waals surface area (Å²) in [6.07, 6.45) is 0. The Morgan fingerprint density at radius 1 is 1.38 bits per heavy atom. The molecule has 0 saturated heterocycles. The van der Waals surface area contributed by atoms with Crippen LogP contribution in [0.25, 0.3) is 0 Å². The highest BCUT2D eigenvalue weighted by atomic mass is 35.5. The van der Waals surface area contributed by atoms with Gasteiger partial charge in [0.25, 0.3) is 0 Å². The van der Waals surface area contributed by atoms with Gasteiger partial charge in [-0.05, 0) is 36.5 Å². The Labute approximate surface area is 85.8 Å². The van der Waals surface area contributed by atoms with Gasteiger partial charge in [-0.2, -0.15) is 0 Å². The number of hydrogen-bond donors (Lipinski definition) is 2. The van der Waals surface area contributed by atoms with Crippen LogP contribution in [0.4, 0.5) is 5.69 Å². The number of rotatable bonds is 2. The summed E-state index contributed by atoms with van der Waals surface area (Å²) in [6.45, 7) is 0. The van der Waals surface area contributed by atoms with Crippen LogP contribution in [0.2, 0.25) is 5.02 Å². The van der Waals surface area contributed by atoms with Gasteiger partial charge in [-0.1, -0.05) is 16.8 Å². The third-order valence-corrected chi connectivity index (χ3v) is 1.51. The minimum atomic E-state index is -0.0125. The number of nitrogens with two attached hydrogens (primary N) is 1. The lowest BCUT2D eigenvalue weighted by atomic mass is 10.3. The number of benzene rings is 1. The van der Waals surface area contributed by atoms with Crippen molar-refractivity contribution in [3.63, 3.8) is 0 Å². The molecule has 3 N–H and O–H groups in total. The lowest BCUT2D eigenvalue weighted by molar-refractivity contribution is 1.16. The van der Waals surface area contributed by atoms with Gasteiger partial charge in [0.05, 0.1) is 5.69 Å². The van der Waals surface area contributed by atoms with Crippen LogP contribution in [-0.4, -0.2) is 5.11 Å². The molecule has 1 rings (SSSR count). The smallest absolute Gasteiger partial charge is 0.213 e. The molecule has 68 valence electrons. The van der Waals surface area contributed by atoms with Crippen molar-refractivity contribution in [2.45, 2.75) is 0 Å². The summed E-state index contributed by atoms with van der Waals surface area (Å²) in [7, 11) is 0. The van der Waals surface area contributed by atoms with E-state index >= 15 is 0 Å². The van der Waals surface area contributed by atoms with Crippen LogP contribution in [0.1, 0.15) is 0 Å². The molecule has 1 aromatic rings. The Morgan fingerprint density at radius 3 is 2.54 bits per heavy atom. The molecular weight excluding hydrogens is 208 g/mol. The molecule has 0 aliphatic carbocycles. The molecule has 1 aromatic carbocycles. The van der Waals surface area contributed by atoms with Crippen molar-refractivity contribution >= 4 is 34.6 Å². The maximum atomic E-state index is 5.67. The minimum Gasteiger partial charge on any atom is -0.373 e. The highest BCUT2D eigenvalue weighted by molar-refractivity contribution is 7.80. The number of nitrogens with zero attached hydrogens (tertiary/aromatic N) is 2. The van der Waals surface area contributed by atoms with Gasteiger partial charge < -0.3 is 5.73 Å². The monoisotopic (exact) mass is 214 g/mol. The van der Waals surface area contributed by atoms with Crippen LogP contribution in [0, 0.1) is 0 Å². The fraction of sp³-hybridized carbons (Fsp3) is 0. The average Bonchev–Trinajstić information content (AvgIpc) is 2.08. The maximum absolute atomic E-state index is 5.67. The molecular formula is C7H7ClN4S. The summed E-state index contributed by atoms with van der Waals surface area (Å²) in [5.74, 6) is 0. The molecule has 0 radical (unpaired) electrons. The number of anilines is 1. The third kappa shape index (κ3) is 3.82. The van der Waals surface area contributed by atoms with Gasteiger partial charge in [-0.15, -0.1) is 5.11 Å². The molecule has 0 aliphatic rings. The Balaban J connectivity index is 2.55. The molecule has 6 heteroatoms. The molecule has 0 fully saturated rings. The van der Waals surface area contributed by atoms with E-state index in [9.17, 15) is 0 Å². The molecule has 0 saturated carbocycles. The summed E-state index contributed by atoms with van der Waals surface area (Å²) in [5, 5.41) is 7.62. The second-order valence-corrected chi connectivity index (χ2v) is 3.01. The first-order valence-corrected chi connectivity index (χ1v) is 4.19. The minimum absolute atomic E-state index is 0.0125. The van der Waals surface area contributed by atoms with Gasteiger partial charge in [0, 0.05) is 5.02 Å². The molecule has 0 bridgehead atoms. The average molecular weight is 215 g/mol. The van der Waals surface area contributed by atoms with Gasteiger partial charge in [-0.25, -0.2) is 0 Å². The highest BCUT2D eigenvalue weighted by Crippen LogP contribution is 2.12. The second kappa shape index (κ2) is 4.74. The van der Waals surface area contributed by atoms with E-state index in [1.54, 1.807) is 24.3 Å². The van der Waals surface area contributed by atoms with E-state index in [4.69, 9.17) is 17.3 Å². The lowest BCUT2D eigenvalue weighted by Crippen LogP contribution is -2.02. The first-order chi connectivity index (χ1) is 6.18. The van der Waals surface area contributed by atoms with Gasteiger partial charge in [0.15, 0.2) is 0 Å². The first-order valence-electron chi connectivity index (χ1n) is 3.40. The number of hydrogen-bond acceptors (Lipinski definition) is 2. The zero-order valence-corrected chi connectivity index (χ0v) is 8.14. The lowest BCUT2D eigenvalue weighted by Gasteiger charge is -1.97. The van der Waals surface area contributed by atoms with E-state index in [0.717, 1.165) is 5.69 Å². The quantitative estimate of drug-likeness (QED) is 0.451. The largest absolute Gasteiger partial charge is 0.373 e. The summed E-state index contributed by atoms with van der Waals surface area (Å²) in [4.78, 5) is 0. The number of thiocarbonyl (C=S) groups is 1. The number of halogens is 1. The standard InChI is InChI=1S/C7H7ClN4S/c8-5-1-3-6(4-2-5)10-12-11-7(9)13/h1-4H,(H3,9,10,11,13). The van der Waals surface area contributed by atoms with E-state index in [1.165, 1.54) is 0 Å². The fourth-order valence-corrected chi connectivity index (χ4v) is 0.823. The van der Waals surface area contributed by atoms with Crippen molar-refractivity contribution in [3.05, 3.63) is 29.3 Å². The molecule has 0 aromatic heterocycles. The van der Waals surface area contributed by atoms with E-state index in [2.05, 4.69) is 28.0 Å². The van der Waals surface area contributed by atoms with Crippen LogP contribution in [-0.2, 0) is 0 Å². The Hall–Kier alpha value is -1.20. The van der Waals surface area contributed by atoms with E-state index in [0.29, 0.717) is 5.02 Å². The maximum Gasteiger partial charge on any atom is 0.213 e. The summed E-state index contributed by atoms with van der Waals surface area (Å²) < 4.78 is 0. The van der Waals surface area contributed by atoms with Crippen LogP contribution >= 0.6 is 23.8 Å². The van der Waals surface area contributed by atoms with Crippen molar-refractivity contribution in [3.8, 4) is 0 Å². The molecule has 0 amide bonds. The molecule has 0 atom stereocenters. The molecule has 0 unspecified atom stereocenters. The molecule has 4 nitrogen and oxygen atoms in total. The van der Waals surface area contributed by atoms with Gasteiger partial charge in [-0.3, -0.25) is 5.43 Å².